The first-order valence-electron chi connectivity index (χ1n) is 41.1. The second-order valence-corrected chi connectivity index (χ2v) is 31.4. The number of hydrogen-bond donors (Lipinski definition) is 8. The molecule has 0 aliphatic carbocycles. The highest BCUT2D eigenvalue weighted by atomic mass is 16.6. The Morgan fingerprint density at radius 3 is 1.31 bits per heavy atom. The zero-order valence-corrected chi connectivity index (χ0v) is 69.8. The Bertz CT molecular complexity index is 5470. The van der Waals surface area contributed by atoms with Crippen LogP contribution in [-0.4, -0.2) is 137 Å². The summed E-state index contributed by atoms with van der Waals surface area (Å²) in [6.07, 6.45) is 2.29. The lowest BCUT2D eigenvalue weighted by Crippen LogP contribution is -2.48. The maximum absolute atomic E-state index is 14.0. The van der Waals surface area contributed by atoms with E-state index in [1.807, 2.05) is 102 Å². The van der Waals surface area contributed by atoms with Crippen LogP contribution in [-0.2, 0) is 140 Å². The minimum Gasteiger partial charge on any atom is -0.508 e. The zero-order chi connectivity index (χ0) is 87.9. The van der Waals surface area contributed by atoms with Gasteiger partial charge in [-0.05, 0) is 134 Å². The second kappa shape index (κ2) is 40.0. The number of rotatable bonds is 34. The van der Waals surface area contributed by atoms with Crippen molar-refractivity contribution < 1.29 is 91.8 Å². The molecule has 8 heterocycles. The van der Waals surface area contributed by atoms with Gasteiger partial charge in [0.2, 0.25) is 34.8 Å². The summed E-state index contributed by atoms with van der Waals surface area (Å²) in [5.41, 5.74) is 10.9. The number of carboxylic acids is 1. The van der Waals surface area contributed by atoms with Crippen LogP contribution < -0.4 is 38.1 Å². The van der Waals surface area contributed by atoms with Crippen molar-refractivity contribution in [1.29, 1.82) is 0 Å². The van der Waals surface area contributed by atoms with E-state index < -0.39 is 114 Å². The van der Waals surface area contributed by atoms with Crippen LogP contribution in [0.15, 0.2) is 119 Å². The van der Waals surface area contributed by atoms with E-state index in [9.17, 15) is 77.3 Å². The van der Waals surface area contributed by atoms with Gasteiger partial charge in [0, 0.05) is 77.0 Å². The van der Waals surface area contributed by atoms with Crippen LogP contribution in [0.5, 0.6) is 11.5 Å². The number of aryl methyl sites for hydroxylation is 2. The molecule has 0 spiro atoms. The fourth-order valence-electron chi connectivity index (χ4n) is 16.1. The number of benzene rings is 4. The molecule has 0 radical (unpaired) electrons. The number of ketones is 3. The average molecular weight is 1660 g/mol. The SMILES string of the molecule is CCC(=O)N[C@@H](Cc1ccccc1)C(=O)C[C@@H](CC(C)C)C(=O)NCC(=O)CCC(=O)O[C@]1(CC)C(=O)OCc2c1cc1n(c2=O)Cc2c-1nc1ccc(O)cc1c2CC.CCC(=O)N[C@@H](Cc1ccccc1)C(=O)C[C@@H](CC(C)C)C(=O)NCC(=O)O.CCc1c2c(nc3ccc(O)cc13)-c1cc3c(c(=O)n1C2)COC(=O)[C@@]3(CC)OC(=O)CN. The van der Waals surface area contributed by atoms with E-state index in [1.165, 1.54) is 0 Å². The molecule has 121 heavy (non-hydrogen) atoms. The quantitative estimate of drug-likeness (QED) is 0.0138. The van der Waals surface area contributed by atoms with Crippen LogP contribution in [0.4, 0.5) is 0 Å². The summed E-state index contributed by atoms with van der Waals surface area (Å²) in [5, 5.41) is 41.1. The monoisotopic (exact) mass is 1660 g/mol. The molecule has 0 fully saturated rings. The van der Waals surface area contributed by atoms with Gasteiger partial charge in [0.15, 0.2) is 17.3 Å². The van der Waals surface area contributed by atoms with Crippen LogP contribution in [0.3, 0.4) is 0 Å². The molecule has 30 heteroatoms. The number of carboxylic acid groups (broad SMARTS) is 1. The molecule has 4 aliphatic heterocycles. The van der Waals surface area contributed by atoms with Crippen molar-refractivity contribution in [2.24, 2.45) is 29.4 Å². The van der Waals surface area contributed by atoms with Gasteiger partial charge in [-0.3, -0.25) is 57.5 Å². The van der Waals surface area contributed by atoms with E-state index in [-0.39, 0.29) is 140 Å². The number of carbonyl (C=O) groups is 12. The Morgan fingerprint density at radius 1 is 0.529 bits per heavy atom. The third-order valence-corrected chi connectivity index (χ3v) is 22.2. The second-order valence-electron chi connectivity index (χ2n) is 31.4. The van der Waals surface area contributed by atoms with E-state index in [0.29, 0.717) is 78.0 Å². The van der Waals surface area contributed by atoms with Crippen molar-refractivity contribution >= 4 is 92.6 Å². The third-order valence-electron chi connectivity index (χ3n) is 22.2. The average Bonchev–Trinajstić information content (AvgIpc) is 1.66. The molecule has 0 saturated heterocycles. The Labute approximate surface area is 699 Å². The minimum atomic E-state index is -1.96. The van der Waals surface area contributed by atoms with Gasteiger partial charge >= 0.3 is 29.8 Å². The molecule has 30 nitrogen and oxygen atoms in total. The summed E-state index contributed by atoms with van der Waals surface area (Å²) in [4.78, 5) is 189. The highest BCUT2D eigenvalue weighted by Gasteiger charge is 2.52. The van der Waals surface area contributed by atoms with Gasteiger partial charge in [0.1, 0.15) is 31.3 Å². The number of phenols is 2. The van der Waals surface area contributed by atoms with Crippen molar-refractivity contribution in [3.05, 3.63) is 186 Å². The standard InChI is InChI=1S/C46H52N4O10.C24H23N3O6.C21H30N2O5/c1-6-31-32-21-29(51)14-16-36(32)49-42-33(31)24-50-38(42)22-35-34(44(50)57)25-59-45(58)46(35,8-3)60-41(55)17-15-30(52)23-47-43(56)28(18-26(4)5)20-39(53)37(48-40(54)7-2)19-27-12-10-9-11-13-27;1-3-13-14-7-12(28)5-6-18(14)26-21-15(13)10-27-19(21)8-17-16(22(27)30)11-32-23(31)24(17,4-2)33-20(29)9-25;1-4-19(25)23-17(11-15-8-6-5-7-9-15)18(24)12-16(10-14(2)3)21(28)22-13-20(26)27/h9-14,16,21-22,26,28,37,51H,6-8,15,17-20,23-25H2,1-5H3,(H,47,56)(H,48,54);5-8,28H,3-4,9-11,25H2,1-2H3;5-9,14,16-17H,4,10-13H2,1-3H3,(H,22,28)(H,23,25)(H,26,27)/t28-,37+,46+;24-;16-,17+/m101/s1. The summed E-state index contributed by atoms with van der Waals surface area (Å²) < 4.78 is 25.3. The van der Waals surface area contributed by atoms with Gasteiger partial charge in [-0.25, -0.2) is 19.6 Å². The first-order chi connectivity index (χ1) is 57.7. The Hall–Kier alpha value is -12.6. The highest BCUT2D eigenvalue weighted by Crippen LogP contribution is 2.45. The molecular weight excluding hydrogens is 1560 g/mol. The zero-order valence-electron chi connectivity index (χ0n) is 69.8. The molecule has 9 N–H and O–H groups in total. The topological polar surface area (TPSA) is 446 Å². The molecule has 12 rings (SSSR count). The first-order valence-corrected chi connectivity index (χ1v) is 41.1. The molecule has 8 aromatic rings. The van der Waals surface area contributed by atoms with Gasteiger partial charge < -0.3 is 70.4 Å². The number of aromatic hydroxyl groups is 2. The predicted octanol–water partition coefficient (Wildman–Crippen LogP) is 8.93. The van der Waals surface area contributed by atoms with E-state index in [1.54, 1.807) is 85.4 Å². The normalized spacial score (nSPS) is 16.1. The number of nitrogens with zero attached hydrogens (tertiary/aromatic N) is 4. The van der Waals surface area contributed by atoms with Gasteiger partial charge in [-0.1, -0.05) is 130 Å². The highest BCUT2D eigenvalue weighted by molar-refractivity contribution is 5.97. The molecular formula is C91H105N9O21. The number of pyridine rings is 4. The number of nitrogens with one attached hydrogen (secondary N) is 4. The smallest absolute Gasteiger partial charge is 0.355 e. The predicted molar refractivity (Wildman–Crippen MR) is 446 cm³/mol. The summed E-state index contributed by atoms with van der Waals surface area (Å²) in [6, 6.07) is 30.3. The molecule has 0 unspecified atom stereocenters. The molecule has 4 aromatic carbocycles. The van der Waals surface area contributed by atoms with Crippen LogP contribution in [0.2, 0.25) is 0 Å². The molecule has 4 amide bonds. The third kappa shape index (κ3) is 20.6. The van der Waals surface area contributed by atoms with Gasteiger partial charge in [-0.2, -0.15) is 0 Å². The lowest BCUT2D eigenvalue weighted by atomic mass is 9.85. The van der Waals surface area contributed by atoms with Gasteiger partial charge in [0.25, 0.3) is 11.1 Å². The number of esters is 4. The van der Waals surface area contributed by atoms with Crippen LogP contribution in [0.25, 0.3) is 44.6 Å². The molecule has 4 aromatic heterocycles. The van der Waals surface area contributed by atoms with Crippen LogP contribution in [0, 0.1) is 23.7 Å². The fraction of sp³-hybridized carbons (Fsp3) is 0.429. The number of aliphatic carboxylic acids is 1. The summed E-state index contributed by atoms with van der Waals surface area (Å²) >= 11 is 0. The van der Waals surface area contributed by atoms with Gasteiger partial charge in [-0.15, -0.1) is 0 Å². The Kier molecular flexibility index (Phi) is 30.0. The van der Waals surface area contributed by atoms with Crippen LogP contribution >= 0.6 is 0 Å². The number of hydrogen-bond acceptors (Lipinski definition) is 23. The first kappa shape index (κ1) is 90.7. The molecule has 0 bridgehead atoms. The number of amides is 4. The van der Waals surface area contributed by atoms with Crippen LogP contribution in [0.1, 0.15) is 189 Å². The number of carbonyl (C=O) groups excluding carboxylic acids is 11. The molecule has 640 valence electrons. The Balaban J connectivity index is 0.000000211. The van der Waals surface area contributed by atoms with Crippen molar-refractivity contribution in [2.75, 3.05) is 19.6 Å². The summed E-state index contributed by atoms with van der Waals surface area (Å²) in [6.45, 7) is 17.2. The van der Waals surface area contributed by atoms with Gasteiger partial charge in [0.05, 0.1) is 89.6 Å². The van der Waals surface area contributed by atoms with Crippen molar-refractivity contribution in [3.8, 4) is 34.3 Å². The van der Waals surface area contributed by atoms with Crippen molar-refractivity contribution in [3.63, 3.8) is 0 Å². The van der Waals surface area contributed by atoms with Crippen molar-refractivity contribution in [1.82, 2.24) is 40.4 Å². The number of aromatic nitrogens is 4. The van der Waals surface area contributed by atoms with E-state index in [4.69, 9.17) is 39.8 Å². The number of Topliss-reactive ketones (excluding diaryl/α,β-unsaturated/α-hetero) is 3. The summed E-state index contributed by atoms with van der Waals surface area (Å²) in [7, 11) is 0. The van der Waals surface area contributed by atoms with Crippen molar-refractivity contribution in [2.45, 2.75) is 209 Å². The molecule has 4 aliphatic rings. The fourth-order valence-corrected chi connectivity index (χ4v) is 16.1. The summed E-state index contributed by atoms with van der Waals surface area (Å²) in [5.74, 6) is -7.75. The maximum atomic E-state index is 14.0. The number of cyclic esters (lactones) is 2. The Morgan fingerprint density at radius 2 is 0.934 bits per heavy atom. The van der Waals surface area contributed by atoms with E-state index in [2.05, 4.69) is 21.3 Å². The number of ether oxygens (including phenoxy) is 4. The number of fused-ring (bicyclic) bond motifs is 10. The molecule has 0 saturated carbocycles. The maximum Gasteiger partial charge on any atom is 0.355 e. The molecule has 6 atom stereocenters. The van der Waals surface area contributed by atoms with E-state index in [0.717, 1.165) is 44.2 Å². The largest absolute Gasteiger partial charge is 0.508 e. The lowest BCUT2D eigenvalue weighted by molar-refractivity contribution is -0.189. The number of nitrogens with two attached hydrogens (primary N) is 1. The van der Waals surface area contributed by atoms with E-state index >= 15 is 0 Å². The lowest BCUT2D eigenvalue weighted by Gasteiger charge is -2.35. The number of phenolic OH excluding ortho intramolecular Hbond substituents is 2. The minimum absolute atomic E-state index is 0.0479.